The normalized spacial score (nSPS) is 26.8. The summed E-state index contributed by atoms with van der Waals surface area (Å²) in [7, 11) is 1.63. The molecule has 0 unspecified atom stereocenters. The van der Waals surface area contributed by atoms with Gasteiger partial charge in [-0.1, -0.05) is 18.2 Å². The van der Waals surface area contributed by atoms with Crippen LogP contribution in [0.5, 0.6) is 5.75 Å². The number of carbonyl (C=O) groups is 1. The number of hydrogen-bond donors (Lipinski definition) is 2. The molecule has 1 aliphatic heterocycles. The van der Waals surface area contributed by atoms with E-state index in [1.54, 1.807) is 7.11 Å². The van der Waals surface area contributed by atoms with Gasteiger partial charge in [-0.05, 0) is 24.8 Å². The van der Waals surface area contributed by atoms with Crippen LogP contribution in [0, 0.1) is 5.92 Å². The predicted octanol–water partition coefficient (Wildman–Crippen LogP) is 0.783. The average Bonchev–Trinajstić information content (AvgIpc) is 3.04. The highest BCUT2D eigenvalue weighted by Gasteiger charge is 2.41. The van der Waals surface area contributed by atoms with Crippen LogP contribution < -0.4 is 10.1 Å². The number of morpholine rings is 1. The number of amides is 1. The molecule has 1 amide bonds. The third-order valence-corrected chi connectivity index (χ3v) is 5.02. The number of ether oxygens (including phenoxy) is 2. The summed E-state index contributed by atoms with van der Waals surface area (Å²) >= 11 is 0. The Morgan fingerprint density at radius 2 is 2.25 bits per heavy atom. The first-order valence-corrected chi connectivity index (χ1v) is 8.56. The minimum atomic E-state index is 0.00834. The van der Waals surface area contributed by atoms with Crippen molar-refractivity contribution in [3.8, 4) is 5.75 Å². The van der Waals surface area contributed by atoms with Crippen LogP contribution in [0.1, 0.15) is 18.4 Å². The molecule has 3 rings (SSSR count). The van der Waals surface area contributed by atoms with Gasteiger partial charge in [0.1, 0.15) is 5.75 Å². The Morgan fingerprint density at radius 1 is 1.42 bits per heavy atom. The van der Waals surface area contributed by atoms with E-state index in [1.807, 2.05) is 24.3 Å². The molecule has 6 nitrogen and oxygen atoms in total. The largest absolute Gasteiger partial charge is 0.496 e. The van der Waals surface area contributed by atoms with Gasteiger partial charge in [-0.3, -0.25) is 9.69 Å². The van der Waals surface area contributed by atoms with E-state index < -0.39 is 0 Å². The molecule has 0 bridgehead atoms. The summed E-state index contributed by atoms with van der Waals surface area (Å²) in [5.41, 5.74) is 0.967. The van der Waals surface area contributed by atoms with E-state index in [1.165, 1.54) is 0 Å². The highest BCUT2D eigenvalue weighted by Crippen LogP contribution is 2.33. The monoisotopic (exact) mass is 334 g/mol. The SMILES string of the molecule is COc1ccccc1CNC(=O)CN1CCO[C@H]2C[C@H](CO)C[C@@H]21. The molecule has 132 valence electrons. The number of rotatable bonds is 6. The Bertz CT molecular complexity index is 566. The number of nitrogens with one attached hydrogen (secondary N) is 1. The average molecular weight is 334 g/mol. The molecule has 3 atom stereocenters. The van der Waals surface area contributed by atoms with E-state index >= 15 is 0 Å². The van der Waals surface area contributed by atoms with Gasteiger partial charge in [-0.2, -0.15) is 0 Å². The summed E-state index contributed by atoms with van der Waals surface area (Å²) in [6.07, 6.45) is 1.94. The molecule has 0 spiro atoms. The van der Waals surface area contributed by atoms with Crippen LogP contribution in [0.2, 0.25) is 0 Å². The Kier molecular flexibility index (Phi) is 5.71. The molecule has 6 heteroatoms. The lowest BCUT2D eigenvalue weighted by Crippen LogP contribution is -2.51. The van der Waals surface area contributed by atoms with Gasteiger partial charge in [0.2, 0.25) is 5.91 Å². The number of methoxy groups -OCH3 is 1. The summed E-state index contributed by atoms with van der Waals surface area (Å²) in [5, 5.41) is 12.4. The molecule has 1 aromatic rings. The van der Waals surface area contributed by atoms with Gasteiger partial charge in [0.05, 0.1) is 26.4 Å². The zero-order valence-corrected chi connectivity index (χ0v) is 14.1. The molecule has 1 aliphatic carbocycles. The smallest absolute Gasteiger partial charge is 0.234 e. The van der Waals surface area contributed by atoms with Crippen molar-refractivity contribution in [1.82, 2.24) is 10.2 Å². The lowest BCUT2D eigenvalue weighted by molar-refractivity contribution is -0.126. The maximum atomic E-state index is 12.3. The standard InChI is InChI=1S/C18H26N2O4/c1-23-16-5-3-2-4-14(16)10-19-18(22)11-20-6-7-24-17-9-13(12-21)8-15(17)20/h2-5,13,15,17,21H,6-12H2,1H3,(H,19,22)/t13-,15+,17+/m1/s1. The Labute approximate surface area is 142 Å². The summed E-state index contributed by atoms with van der Waals surface area (Å²) in [6.45, 7) is 2.45. The van der Waals surface area contributed by atoms with Crippen molar-refractivity contribution in [3.63, 3.8) is 0 Å². The van der Waals surface area contributed by atoms with E-state index in [9.17, 15) is 9.90 Å². The summed E-state index contributed by atoms with van der Waals surface area (Å²) in [5.74, 6) is 1.08. The second kappa shape index (κ2) is 7.96. The number of aliphatic hydroxyl groups excluding tert-OH is 1. The molecular formula is C18H26N2O4. The number of carbonyl (C=O) groups excluding carboxylic acids is 1. The molecule has 0 radical (unpaired) electrons. The van der Waals surface area contributed by atoms with Gasteiger partial charge in [0.15, 0.2) is 0 Å². The topological polar surface area (TPSA) is 71.0 Å². The highest BCUT2D eigenvalue weighted by molar-refractivity contribution is 5.78. The van der Waals surface area contributed by atoms with E-state index in [2.05, 4.69) is 10.2 Å². The maximum absolute atomic E-state index is 12.3. The molecule has 1 saturated heterocycles. The number of nitrogens with zero attached hydrogens (tertiary/aromatic N) is 1. The van der Waals surface area contributed by atoms with Crippen molar-refractivity contribution in [2.45, 2.75) is 31.5 Å². The van der Waals surface area contributed by atoms with E-state index in [4.69, 9.17) is 9.47 Å². The summed E-state index contributed by atoms with van der Waals surface area (Å²) in [6, 6.07) is 7.93. The zero-order valence-electron chi connectivity index (χ0n) is 14.1. The number of para-hydroxylation sites is 1. The maximum Gasteiger partial charge on any atom is 0.234 e. The molecule has 2 fully saturated rings. The number of hydrogen-bond acceptors (Lipinski definition) is 5. The van der Waals surface area contributed by atoms with Crippen molar-refractivity contribution in [2.24, 2.45) is 5.92 Å². The summed E-state index contributed by atoms with van der Waals surface area (Å²) in [4.78, 5) is 14.5. The van der Waals surface area contributed by atoms with E-state index in [-0.39, 0.29) is 30.6 Å². The molecule has 1 heterocycles. The van der Waals surface area contributed by atoms with Gasteiger partial charge in [-0.15, -0.1) is 0 Å². The second-order valence-corrected chi connectivity index (χ2v) is 6.56. The zero-order chi connectivity index (χ0) is 16.9. The van der Waals surface area contributed by atoms with Gasteiger partial charge >= 0.3 is 0 Å². The third kappa shape index (κ3) is 3.88. The van der Waals surface area contributed by atoms with E-state index in [0.29, 0.717) is 19.7 Å². The van der Waals surface area contributed by atoms with Crippen LogP contribution in [0.3, 0.4) is 0 Å². The van der Waals surface area contributed by atoms with Crippen LogP contribution in [0.4, 0.5) is 0 Å². The molecule has 1 aromatic carbocycles. The molecular weight excluding hydrogens is 308 g/mol. The number of aliphatic hydroxyl groups is 1. The Hall–Kier alpha value is -1.63. The first kappa shape index (κ1) is 17.2. The molecule has 2 aliphatic rings. The van der Waals surface area contributed by atoms with Crippen molar-refractivity contribution < 1.29 is 19.4 Å². The fourth-order valence-corrected chi connectivity index (χ4v) is 3.75. The lowest BCUT2D eigenvalue weighted by Gasteiger charge is -2.37. The van der Waals surface area contributed by atoms with Crippen molar-refractivity contribution in [1.29, 1.82) is 0 Å². The fourth-order valence-electron chi connectivity index (χ4n) is 3.75. The predicted molar refractivity (Wildman–Crippen MR) is 89.8 cm³/mol. The number of benzene rings is 1. The minimum absolute atomic E-state index is 0.00834. The lowest BCUT2D eigenvalue weighted by atomic mass is 10.1. The van der Waals surface area contributed by atoms with Crippen LogP contribution in [-0.4, -0.2) is 61.5 Å². The van der Waals surface area contributed by atoms with Crippen molar-refractivity contribution in [2.75, 3.05) is 33.4 Å². The van der Waals surface area contributed by atoms with Gasteiger partial charge in [0.25, 0.3) is 0 Å². The first-order valence-electron chi connectivity index (χ1n) is 8.56. The van der Waals surface area contributed by atoms with Gasteiger partial charge in [0, 0.05) is 31.3 Å². The van der Waals surface area contributed by atoms with Crippen molar-refractivity contribution >= 4 is 5.91 Å². The van der Waals surface area contributed by atoms with Crippen LogP contribution in [-0.2, 0) is 16.1 Å². The first-order chi connectivity index (χ1) is 11.7. The van der Waals surface area contributed by atoms with Gasteiger partial charge < -0.3 is 19.9 Å². The van der Waals surface area contributed by atoms with Crippen molar-refractivity contribution in [3.05, 3.63) is 29.8 Å². The molecule has 1 saturated carbocycles. The molecule has 2 N–H and O–H groups in total. The van der Waals surface area contributed by atoms with Gasteiger partial charge in [-0.25, -0.2) is 0 Å². The quantitative estimate of drug-likeness (QED) is 0.805. The second-order valence-electron chi connectivity index (χ2n) is 6.56. The Morgan fingerprint density at radius 3 is 3.04 bits per heavy atom. The third-order valence-electron chi connectivity index (χ3n) is 5.02. The van der Waals surface area contributed by atoms with E-state index in [0.717, 1.165) is 30.7 Å². The molecule has 24 heavy (non-hydrogen) atoms. The number of fused-ring (bicyclic) bond motifs is 1. The molecule has 0 aromatic heterocycles. The van der Waals surface area contributed by atoms with Crippen LogP contribution in [0.15, 0.2) is 24.3 Å². The Balaban J connectivity index is 1.53. The fraction of sp³-hybridized carbons (Fsp3) is 0.611. The van der Waals surface area contributed by atoms with Crippen LogP contribution in [0.25, 0.3) is 0 Å². The minimum Gasteiger partial charge on any atom is -0.496 e. The summed E-state index contributed by atoms with van der Waals surface area (Å²) < 4.78 is 11.1. The van der Waals surface area contributed by atoms with Crippen LogP contribution >= 0.6 is 0 Å². The highest BCUT2D eigenvalue weighted by atomic mass is 16.5.